The highest BCUT2D eigenvalue weighted by atomic mass is 14.6. The molecule has 1 aromatic carbocycles. The molecule has 4 nitrogen and oxygen atoms in total. The van der Waals surface area contributed by atoms with Crippen LogP contribution in [-0.2, 0) is 0 Å². The molecule has 0 amide bonds. The Balaban J connectivity index is 2.99. The fourth-order valence-electron chi connectivity index (χ4n) is 1.13. The van der Waals surface area contributed by atoms with Crippen molar-refractivity contribution in [3.63, 3.8) is 0 Å². The highest BCUT2D eigenvalue weighted by Gasteiger charge is 2.07. The number of nitrogens with zero attached hydrogens (tertiary/aromatic N) is 2. The summed E-state index contributed by atoms with van der Waals surface area (Å²) < 4.78 is 0. The largest absolute Gasteiger partial charge is 0.398 e. The monoisotopic (exact) mass is 186 g/mol. The first-order valence-corrected chi connectivity index (χ1v) is 4.11. The SMILES string of the molecule is N#CC[C@@H](N)c1ccc(C#N)c(N)c1. The second kappa shape index (κ2) is 4.27. The van der Waals surface area contributed by atoms with Crippen LogP contribution in [0.25, 0.3) is 0 Å². The molecule has 0 aliphatic heterocycles. The average Bonchev–Trinajstić information content (AvgIpc) is 2.18. The molecule has 1 aromatic rings. The molecule has 0 unspecified atom stereocenters. The summed E-state index contributed by atoms with van der Waals surface area (Å²) in [5.41, 5.74) is 12.9. The van der Waals surface area contributed by atoms with Crippen molar-refractivity contribution in [2.75, 3.05) is 5.73 Å². The molecule has 0 saturated carbocycles. The number of nitrogens with two attached hydrogens (primary N) is 2. The van der Waals surface area contributed by atoms with Crippen molar-refractivity contribution in [1.29, 1.82) is 10.5 Å². The van der Waals surface area contributed by atoms with E-state index in [1.54, 1.807) is 18.2 Å². The second-order valence-corrected chi connectivity index (χ2v) is 2.93. The molecular formula is C10H10N4. The first-order valence-electron chi connectivity index (χ1n) is 4.11. The lowest BCUT2D eigenvalue weighted by molar-refractivity contribution is 0.749. The fourth-order valence-corrected chi connectivity index (χ4v) is 1.13. The Morgan fingerprint density at radius 1 is 1.36 bits per heavy atom. The van der Waals surface area contributed by atoms with E-state index in [1.165, 1.54) is 0 Å². The Morgan fingerprint density at radius 2 is 2.07 bits per heavy atom. The summed E-state index contributed by atoms with van der Waals surface area (Å²) in [5.74, 6) is 0. The molecule has 14 heavy (non-hydrogen) atoms. The van der Waals surface area contributed by atoms with Crippen LogP contribution in [0.4, 0.5) is 5.69 Å². The van der Waals surface area contributed by atoms with Gasteiger partial charge in [0, 0.05) is 11.7 Å². The van der Waals surface area contributed by atoms with Gasteiger partial charge in [-0.2, -0.15) is 10.5 Å². The van der Waals surface area contributed by atoms with E-state index in [-0.39, 0.29) is 12.5 Å². The maximum atomic E-state index is 8.64. The van der Waals surface area contributed by atoms with Gasteiger partial charge in [0.05, 0.1) is 18.1 Å². The molecule has 0 aliphatic rings. The van der Waals surface area contributed by atoms with Crippen molar-refractivity contribution in [1.82, 2.24) is 0 Å². The molecule has 4 heteroatoms. The zero-order valence-corrected chi connectivity index (χ0v) is 7.57. The lowest BCUT2D eigenvalue weighted by Gasteiger charge is -2.08. The quantitative estimate of drug-likeness (QED) is 0.674. The Bertz CT molecular complexity index is 411. The van der Waals surface area contributed by atoms with Crippen LogP contribution in [0.3, 0.4) is 0 Å². The van der Waals surface area contributed by atoms with E-state index in [0.29, 0.717) is 11.3 Å². The van der Waals surface area contributed by atoms with Crippen LogP contribution in [0.15, 0.2) is 18.2 Å². The van der Waals surface area contributed by atoms with Gasteiger partial charge in [-0.1, -0.05) is 6.07 Å². The maximum Gasteiger partial charge on any atom is 0.101 e. The van der Waals surface area contributed by atoms with Gasteiger partial charge in [-0.25, -0.2) is 0 Å². The van der Waals surface area contributed by atoms with Gasteiger partial charge in [-0.3, -0.25) is 0 Å². The van der Waals surface area contributed by atoms with Gasteiger partial charge in [-0.15, -0.1) is 0 Å². The topological polar surface area (TPSA) is 99.6 Å². The Hall–Kier alpha value is -2.04. The Kier molecular flexibility index (Phi) is 3.06. The van der Waals surface area contributed by atoms with Gasteiger partial charge in [0.2, 0.25) is 0 Å². The highest BCUT2D eigenvalue weighted by molar-refractivity contribution is 5.55. The molecule has 0 fully saturated rings. The molecule has 1 rings (SSSR count). The third-order valence-corrected chi connectivity index (χ3v) is 1.94. The highest BCUT2D eigenvalue weighted by Crippen LogP contribution is 2.19. The van der Waals surface area contributed by atoms with Crippen molar-refractivity contribution in [2.45, 2.75) is 12.5 Å². The van der Waals surface area contributed by atoms with E-state index in [9.17, 15) is 0 Å². The average molecular weight is 186 g/mol. The van der Waals surface area contributed by atoms with Crippen molar-refractivity contribution >= 4 is 5.69 Å². The normalized spacial score (nSPS) is 11.4. The number of anilines is 1. The molecule has 0 aliphatic carbocycles. The number of nitrogen functional groups attached to an aromatic ring is 1. The summed E-state index contributed by atoms with van der Waals surface area (Å²) in [5, 5.41) is 17.1. The van der Waals surface area contributed by atoms with Crippen LogP contribution in [0, 0.1) is 22.7 Å². The molecule has 1 atom stereocenters. The van der Waals surface area contributed by atoms with Crippen molar-refractivity contribution < 1.29 is 0 Å². The van der Waals surface area contributed by atoms with Gasteiger partial charge >= 0.3 is 0 Å². The third-order valence-electron chi connectivity index (χ3n) is 1.94. The van der Waals surface area contributed by atoms with E-state index in [0.717, 1.165) is 5.56 Å². The predicted octanol–water partition coefficient (Wildman–Crippen LogP) is 1.05. The minimum atomic E-state index is -0.338. The Morgan fingerprint density at radius 3 is 2.57 bits per heavy atom. The summed E-state index contributed by atoms with van der Waals surface area (Å²) in [7, 11) is 0. The lowest BCUT2D eigenvalue weighted by atomic mass is 10.0. The van der Waals surface area contributed by atoms with Crippen LogP contribution in [0.1, 0.15) is 23.6 Å². The predicted molar refractivity (Wildman–Crippen MR) is 52.7 cm³/mol. The van der Waals surface area contributed by atoms with Gasteiger partial charge < -0.3 is 11.5 Å². The zero-order valence-electron chi connectivity index (χ0n) is 7.57. The van der Waals surface area contributed by atoms with Gasteiger partial charge in [-0.05, 0) is 17.7 Å². The number of hydrogen-bond acceptors (Lipinski definition) is 4. The lowest BCUT2D eigenvalue weighted by Crippen LogP contribution is -2.09. The third kappa shape index (κ3) is 2.01. The molecule has 70 valence electrons. The smallest absolute Gasteiger partial charge is 0.101 e. The molecular weight excluding hydrogens is 176 g/mol. The zero-order chi connectivity index (χ0) is 10.6. The summed E-state index contributed by atoms with van der Waals surface area (Å²) >= 11 is 0. The van der Waals surface area contributed by atoms with Gasteiger partial charge in [0.25, 0.3) is 0 Å². The minimum Gasteiger partial charge on any atom is -0.398 e. The van der Waals surface area contributed by atoms with E-state index >= 15 is 0 Å². The number of hydrogen-bond donors (Lipinski definition) is 2. The van der Waals surface area contributed by atoms with Crippen molar-refractivity contribution in [3.8, 4) is 12.1 Å². The first kappa shape index (κ1) is 10.0. The molecule has 0 saturated heterocycles. The standard InChI is InChI=1S/C10H10N4/c11-4-3-9(13)7-1-2-8(6-12)10(14)5-7/h1-2,5,9H,3,13-14H2/t9-/m1/s1. The fraction of sp³-hybridized carbons (Fsp3) is 0.200. The van der Waals surface area contributed by atoms with E-state index in [4.69, 9.17) is 22.0 Å². The van der Waals surface area contributed by atoms with Crippen LogP contribution in [0.2, 0.25) is 0 Å². The molecule has 0 bridgehead atoms. The van der Waals surface area contributed by atoms with Crippen molar-refractivity contribution in [3.05, 3.63) is 29.3 Å². The van der Waals surface area contributed by atoms with E-state index in [1.807, 2.05) is 12.1 Å². The summed E-state index contributed by atoms with van der Waals surface area (Å²) in [6.07, 6.45) is 0.241. The van der Waals surface area contributed by atoms with Crippen LogP contribution in [0.5, 0.6) is 0 Å². The number of benzene rings is 1. The summed E-state index contributed by atoms with van der Waals surface area (Å²) in [6.45, 7) is 0. The van der Waals surface area contributed by atoms with Crippen LogP contribution < -0.4 is 11.5 Å². The van der Waals surface area contributed by atoms with Crippen molar-refractivity contribution in [2.24, 2.45) is 5.73 Å². The Labute approximate surface area is 82.4 Å². The van der Waals surface area contributed by atoms with E-state index < -0.39 is 0 Å². The molecule has 0 aromatic heterocycles. The molecule has 0 spiro atoms. The molecule has 0 heterocycles. The second-order valence-electron chi connectivity index (χ2n) is 2.93. The molecule has 4 N–H and O–H groups in total. The number of rotatable bonds is 2. The van der Waals surface area contributed by atoms with Gasteiger partial charge in [0.15, 0.2) is 0 Å². The maximum absolute atomic E-state index is 8.64. The minimum absolute atomic E-state index is 0.241. The first-order chi connectivity index (χ1) is 6.69. The van der Waals surface area contributed by atoms with E-state index in [2.05, 4.69) is 0 Å². The molecule has 0 radical (unpaired) electrons. The summed E-state index contributed by atoms with van der Waals surface area (Å²) in [6, 6.07) is 8.58. The van der Waals surface area contributed by atoms with Crippen LogP contribution >= 0.6 is 0 Å². The number of nitriles is 2. The summed E-state index contributed by atoms with van der Waals surface area (Å²) in [4.78, 5) is 0. The van der Waals surface area contributed by atoms with Gasteiger partial charge in [0.1, 0.15) is 6.07 Å². The van der Waals surface area contributed by atoms with Crippen LogP contribution in [-0.4, -0.2) is 0 Å².